The number of hydrogen-bond donors (Lipinski definition) is 3. The van der Waals surface area contributed by atoms with Crippen molar-refractivity contribution in [1.82, 2.24) is 15.4 Å². The molecule has 0 radical (unpaired) electrons. The van der Waals surface area contributed by atoms with Crippen LogP contribution in [0.5, 0.6) is 0 Å². The number of benzene rings is 2. The summed E-state index contributed by atoms with van der Waals surface area (Å²) in [4.78, 5) is 12.5. The van der Waals surface area contributed by atoms with Crippen LogP contribution in [0.4, 0.5) is 17.2 Å². The summed E-state index contributed by atoms with van der Waals surface area (Å²) in [7, 11) is 0. The maximum absolute atomic E-state index is 12.5. The molecule has 1 amide bonds. The fourth-order valence-corrected chi connectivity index (χ4v) is 2.47. The first-order valence-electron chi connectivity index (χ1n) is 7.76. The summed E-state index contributed by atoms with van der Waals surface area (Å²) >= 11 is 6.09. The molecule has 0 atom stereocenters. The van der Waals surface area contributed by atoms with Crippen LogP contribution in [0.1, 0.15) is 27.2 Å². The molecule has 0 aliphatic carbocycles. The van der Waals surface area contributed by atoms with Gasteiger partial charge in [-0.15, -0.1) is 10.2 Å². The number of carbonyl (C=O) groups is 1. The molecular formula is C18H18ClN5O. The number of nitrogens with one attached hydrogen (secondary N) is 3. The van der Waals surface area contributed by atoms with Gasteiger partial charge in [0.1, 0.15) is 0 Å². The van der Waals surface area contributed by atoms with Crippen molar-refractivity contribution in [2.75, 3.05) is 10.6 Å². The van der Waals surface area contributed by atoms with Crippen LogP contribution in [0, 0.1) is 20.8 Å². The van der Waals surface area contributed by atoms with Crippen LogP contribution in [0.3, 0.4) is 0 Å². The largest absolute Gasteiger partial charge is 0.337 e. The number of amides is 1. The van der Waals surface area contributed by atoms with E-state index in [1.54, 1.807) is 12.1 Å². The molecule has 0 spiro atoms. The first-order chi connectivity index (χ1) is 11.9. The zero-order valence-electron chi connectivity index (χ0n) is 14.1. The van der Waals surface area contributed by atoms with Crippen LogP contribution in [0.25, 0.3) is 0 Å². The number of halogens is 1. The summed E-state index contributed by atoms with van der Waals surface area (Å²) in [5.74, 6) is -0.0148. The Morgan fingerprint density at radius 2 is 1.68 bits per heavy atom. The summed E-state index contributed by atoms with van der Waals surface area (Å²) in [5, 5.41) is 16.9. The van der Waals surface area contributed by atoms with Crippen molar-refractivity contribution in [2.45, 2.75) is 20.8 Å². The highest BCUT2D eigenvalue weighted by atomic mass is 35.5. The highest BCUT2D eigenvalue weighted by Crippen LogP contribution is 2.23. The van der Waals surface area contributed by atoms with Gasteiger partial charge in [-0.05, 0) is 61.7 Å². The van der Waals surface area contributed by atoms with E-state index in [-0.39, 0.29) is 11.6 Å². The molecule has 1 heterocycles. The summed E-state index contributed by atoms with van der Waals surface area (Å²) in [5.41, 5.74) is 4.90. The number of nitrogens with zero attached hydrogens (tertiary/aromatic N) is 2. The van der Waals surface area contributed by atoms with E-state index in [0.717, 1.165) is 16.8 Å². The van der Waals surface area contributed by atoms with Gasteiger partial charge in [-0.3, -0.25) is 4.79 Å². The molecule has 0 saturated heterocycles. The van der Waals surface area contributed by atoms with Crippen molar-refractivity contribution in [2.24, 2.45) is 0 Å². The Morgan fingerprint density at radius 1 is 0.960 bits per heavy atom. The van der Waals surface area contributed by atoms with Crippen LogP contribution >= 0.6 is 11.6 Å². The number of aryl methyl sites for hydroxylation is 3. The molecule has 0 fully saturated rings. The van der Waals surface area contributed by atoms with Crippen molar-refractivity contribution in [1.29, 1.82) is 0 Å². The van der Waals surface area contributed by atoms with Gasteiger partial charge in [0.15, 0.2) is 11.5 Å². The van der Waals surface area contributed by atoms with Gasteiger partial charge in [0.25, 0.3) is 5.91 Å². The minimum absolute atomic E-state index is 0.176. The molecular weight excluding hydrogens is 338 g/mol. The monoisotopic (exact) mass is 355 g/mol. The molecule has 128 valence electrons. The van der Waals surface area contributed by atoms with E-state index in [4.69, 9.17) is 11.6 Å². The Balaban J connectivity index is 1.79. The summed E-state index contributed by atoms with van der Waals surface area (Å²) in [6.45, 7) is 5.97. The highest BCUT2D eigenvalue weighted by Gasteiger charge is 2.17. The van der Waals surface area contributed by atoms with E-state index in [0.29, 0.717) is 16.5 Å². The van der Waals surface area contributed by atoms with Gasteiger partial charge in [-0.1, -0.05) is 23.7 Å². The standard InChI is InChI=1S/C18H18ClN5O/c1-10-4-6-13(8-12(10)3)20-17-16(22-24-23-17)18(25)21-14-7-5-11(2)15(19)9-14/h4-9H,1-3H3,(H,21,25)(H2,20,22,23,24). The average molecular weight is 356 g/mol. The van der Waals surface area contributed by atoms with E-state index in [1.807, 2.05) is 45.0 Å². The third-order valence-corrected chi connectivity index (χ3v) is 4.37. The topological polar surface area (TPSA) is 82.7 Å². The lowest BCUT2D eigenvalue weighted by Crippen LogP contribution is -2.14. The number of aromatic amines is 1. The van der Waals surface area contributed by atoms with Crippen LogP contribution in [0.2, 0.25) is 5.02 Å². The van der Waals surface area contributed by atoms with E-state index in [2.05, 4.69) is 26.0 Å². The normalized spacial score (nSPS) is 10.6. The maximum Gasteiger partial charge on any atom is 0.280 e. The van der Waals surface area contributed by atoms with Crippen molar-refractivity contribution in [3.63, 3.8) is 0 Å². The number of H-pyrrole nitrogens is 1. The fourth-order valence-electron chi connectivity index (χ4n) is 2.29. The molecule has 3 N–H and O–H groups in total. The SMILES string of the molecule is Cc1ccc(Nc2n[nH]nc2C(=O)Nc2ccc(C)c(Cl)c2)cc1C. The summed E-state index contributed by atoms with van der Waals surface area (Å²) in [6.07, 6.45) is 0. The van der Waals surface area contributed by atoms with E-state index in [9.17, 15) is 4.79 Å². The number of aromatic nitrogens is 3. The number of rotatable bonds is 4. The van der Waals surface area contributed by atoms with E-state index in [1.165, 1.54) is 5.56 Å². The van der Waals surface area contributed by atoms with Crippen molar-refractivity contribution < 1.29 is 4.79 Å². The van der Waals surface area contributed by atoms with Gasteiger partial charge in [-0.2, -0.15) is 5.21 Å². The lowest BCUT2D eigenvalue weighted by atomic mass is 10.1. The van der Waals surface area contributed by atoms with Crippen molar-refractivity contribution in [3.8, 4) is 0 Å². The van der Waals surface area contributed by atoms with Crippen LogP contribution < -0.4 is 10.6 Å². The Hall–Kier alpha value is -2.86. The highest BCUT2D eigenvalue weighted by molar-refractivity contribution is 6.31. The summed E-state index contributed by atoms with van der Waals surface area (Å²) < 4.78 is 0. The zero-order chi connectivity index (χ0) is 18.0. The molecule has 1 aromatic heterocycles. The second kappa shape index (κ2) is 6.94. The molecule has 0 unspecified atom stereocenters. The predicted molar refractivity (Wildman–Crippen MR) is 99.7 cm³/mol. The van der Waals surface area contributed by atoms with Crippen LogP contribution in [-0.4, -0.2) is 21.3 Å². The quantitative estimate of drug-likeness (QED) is 0.648. The maximum atomic E-state index is 12.5. The lowest BCUT2D eigenvalue weighted by Gasteiger charge is -2.08. The van der Waals surface area contributed by atoms with Gasteiger partial charge >= 0.3 is 0 Å². The fraction of sp³-hybridized carbons (Fsp3) is 0.167. The smallest absolute Gasteiger partial charge is 0.280 e. The van der Waals surface area contributed by atoms with Gasteiger partial charge in [0.2, 0.25) is 0 Å². The van der Waals surface area contributed by atoms with Crippen LogP contribution in [-0.2, 0) is 0 Å². The van der Waals surface area contributed by atoms with E-state index >= 15 is 0 Å². The van der Waals surface area contributed by atoms with Crippen molar-refractivity contribution >= 4 is 34.7 Å². The Kier molecular flexibility index (Phi) is 4.72. The van der Waals surface area contributed by atoms with Crippen molar-refractivity contribution in [3.05, 3.63) is 63.8 Å². The zero-order valence-corrected chi connectivity index (χ0v) is 14.9. The first kappa shape index (κ1) is 17.0. The van der Waals surface area contributed by atoms with Crippen LogP contribution in [0.15, 0.2) is 36.4 Å². The third-order valence-electron chi connectivity index (χ3n) is 3.96. The Labute approximate surface area is 150 Å². The molecule has 0 bridgehead atoms. The number of hydrogen-bond acceptors (Lipinski definition) is 4. The first-order valence-corrected chi connectivity index (χ1v) is 8.14. The van der Waals surface area contributed by atoms with Gasteiger partial charge in [0.05, 0.1) is 0 Å². The molecule has 25 heavy (non-hydrogen) atoms. The lowest BCUT2D eigenvalue weighted by molar-refractivity contribution is 0.102. The molecule has 0 aliphatic heterocycles. The van der Waals surface area contributed by atoms with Gasteiger partial charge in [-0.25, -0.2) is 0 Å². The molecule has 2 aromatic carbocycles. The molecule has 7 heteroatoms. The van der Waals surface area contributed by atoms with Gasteiger partial charge < -0.3 is 10.6 Å². The third kappa shape index (κ3) is 3.80. The molecule has 3 aromatic rings. The minimum Gasteiger partial charge on any atom is -0.337 e. The number of anilines is 3. The van der Waals surface area contributed by atoms with Gasteiger partial charge in [0, 0.05) is 16.4 Å². The molecule has 3 rings (SSSR count). The molecule has 0 saturated carbocycles. The second-order valence-corrected chi connectivity index (χ2v) is 6.27. The van der Waals surface area contributed by atoms with E-state index < -0.39 is 0 Å². The Bertz CT molecular complexity index is 935. The average Bonchev–Trinajstić information content (AvgIpc) is 3.03. The second-order valence-electron chi connectivity index (χ2n) is 5.86. The summed E-state index contributed by atoms with van der Waals surface area (Å²) in [6, 6.07) is 11.3. The predicted octanol–water partition coefficient (Wildman–Crippen LogP) is 4.38. The number of carbonyl (C=O) groups excluding carboxylic acids is 1. The molecule has 0 aliphatic rings. The minimum atomic E-state index is -0.375. The Morgan fingerprint density at radius 3 is 2.40 bits per heavy atom. The molecule has 6 nitrogen and oxygen atoms in total.